The standard InChI is InChI=1S/C14H16N4O2S/c1-6-10(8(3)19)7(2)15-11(6)12(20)16-14-18-17-13(21-14)9-4-5-9/h9,15H,4-5H2,1-3H3,(H,16,18,20). The Morgan fingerprint density at radius 1 is 1.29 bits per heavy atom. The normalized spacial score (nSPS) is 14.2. The predicted octanol–water partition coefficient (Wildman–Crippen LogP) is 2.82. The van der Waals surface area contributed by atoms with E-state index in [1.54, 1.807) is 13.8 Å². The molecule has 7 heteroatoms. The Kier molecular flexibility index (Phi) is 3.36. The SMILES string of the molecule is CC(=O)c1c(C)[nH]c(C(=O)Nc2nnc(C3CC3)s2)c1C. The van der Waals surface area contributed by atoms with E-state index in [9.17, 15) is 9.59 Å². The number of hydrogen-bond acceptors (Lipinski definition) is 5. The van der Waals surface area contributed by atoms with E-state index < -0.39 is 0 Å². The number of amides is 1. The molecule has 0 atom stereocenters. The highest BCUT2D eigenvalue weighted by atomic mass is 32.1. The van der Waals surface area contributed by atoms with Crippen LogP contribution in [0.2, 0.25) is 0 Å². The van der Waals surface area contributed by atoms with Crippen molar-refractivity contribution < 1.29 is 9.59 Å². The number of hydrogen-bond donors (Lipinski definition) is 2. The van der Waals surface area contributed by atoms with Crippen molar-refractivity contribution in [1.29, 1.82) is 0 Å². The van der Waals surface area contributed by atoms with Gasteiger partial charge >= 0.3 is 0 Å². The second-order valence-corrected chi connectivity index (χ2v) is 6.36. The Labute approximate surface area is 126 Å². The maximum Gasteiger partial charge on any atom is 0.274 e. The van der Waals surface area contributed by atoms with Gasteiger partial charge < -0.3 is 4.98 Å². The number of carbonyl (C=O) groups is 2. The molecule has 2 heterocycles. The highest BCUT2D eigenvalue weighted by Gasteiger charge is 2.28. The maximum atomic E-state index is 12.3. The van der Waals surface area contributed by atoms with Gasteiger partial charge in [-0.1, -0.05) is 11.3 Å². The number of Topliss-reactive ketones (excluding diaryl/α,β-unsaturated/α-hetero) is 1. The minimum absolute atomic E-state index is 0.0489. The van der Waals surface area contributed by atoms with Gasteiger partial charge in [0.2, 0.25) is 5.13 Å². The molecule has 0 bridgehead atoms. The molecule has 3 rings (SSSR count). The highest BCUT2D eigenvalue weighted by Crippen LogP contribution is 2.42. The summed E-state index contributed by atoms with van der Waals surface area (Å²) in [5, 5.41) is 12.3. The van der Waals surface area contributed by atoms with Crippen LogP contribution in [0.5, 0.6) is 0 Å². The Bertz CT molecular complexity index is 727. The van der Waals surface area contributed by atoms with Crippen molar-refractivity contribution in [1.82, 2.24) is 15.2 Å². The van der Waals surface area contributed by atoms with Gasteiger partial charge in [-0.2, -0.15) is 0 Å². The number of aryl methyl sites for hydroxylation is 1. The summed E-state index contributed by atoms with van der Waals surface area (Å²) in [5.41, 5.74) is 2.36. The second-order valence-electron chi connectivity index (χ2n) is 5.36. The van der Waals surface area contributed by atoms with Crippen LogP contribution in [0.3, 0.4) is 0 Å². The molecule has 1 amide bonds. The topological polar surface area (TPSA) is 87.7 Å². The summed E-state index contributed by atoms with van der Waals surface area (Å²) in [5.74, 6) is 0.181. The molecule has 1 saturated carbocycles. The molecule has 2 aromatic heterocycles. The highest BCUT2D eigenvalue weighted by molar-refractivity contribution is 7.15. The molecule has 6 nitrogen and oxygen atoms in total. The van der Waals surface area contributed by atoms with Gasteiger partial charge in [-0.3, -0.25) is 14.9 Å². The van der Waals surface area contributed by atoms with Crippen LogP contribution < -0.4 is 5.32 Å². The average Bonchev–Trinajstić information content (AvgIpc) is 3.08. The number of nitrogens with one attached hydrogen (secondary N) is 2. The molecule has 21 heavy (non-hydrogen) atoms. The molecule has 0 unspecified atom stereocenters. The van der Waals surface area contributed by atoms with Crippen LogP contribution in [0.25, 0.3) is 0 Å². The predicted molar refractivity (Wildman–Crippen MR) is 80.1 cm³/mol. The van der Waals surface area contributed by atoms with Gasteiger partial charge in [-0.05, 0) is 39.2 Å². The number of anilines is 1. The molecule has 1 aliphatic carbocycles. The van der Waals surface area contributed by atoms with Gasteiger partial charge in [0.05, 0.1) is 0 Å². The molecule has 0 radical (unpaired) electrons. The summed E-state index contributed by atoms with van der Waals surface area (Å²) < 4.78 is 0. The maximum absolute atomic E-state index is 12.3. The van der Waals surface area contributed by atoms with Crippen LogP contribution in [0.15, 0.2) is 0 Å². The van der Waals surface area contributed by atoms with E-state index in [-0.39, 0.29) is 11.7 Å². The summed E-state index contributed by atoms with van der Waals surface area (Å²) in [6.45, 7) is 5.05. The van der Waals surface area contributed by atoms with Crippen molar-refractivity contribution in [3.63, 3.8) is 0 Å². The molecule has 0 saturated heterocycles. The third-order valence-corrected chi connectivity index (χ3v) is 4.61. The summed E-state index contributed by atoms with van der Waals surface area (Å²) in [6.07, 6.45) is 2.30. The van der Waals surface area contributed by atoms with E-state index in [0.29, 0.717) is 33.6 Å². The van der Waals surface area contributed by atoms with Crippen LogP contribution in [0.1, 0.15) is 62.8 Å². The lowest BCUT2D eigenvalue weighted by Gasteiger charge is -2.00. The van der Waals surface area contributed by atoms with Gasteiger partial charge in [0.1, 0.15) is 10.7 Å². The first kappa shape index (κ1) is 13.9. The van der Waals surface area contributed by atoms with Crippen LogP contribution in [0.4, 0.5) is 5.13 Å². The molecule has 1 aliphatic rings. The van der Waals surface area contributed by atoms with E-state index in [1.165, 1.54) is 18.3 Å². The van der Waals surface area contributed by atoms with Crippen molar-refractivity contribution >= 4 is 28.2 Å². The lowest BCUT2D eigenvalue weighted by molar-refractivity contribution is 0.101. The molecular formula is C14H16N4O2S. The first-order valence-electron chi connectivity index (χ1n) is 6.82. The van der Waals surface area contributed by atoms with Crippen molar-refractivity contribution in [2.45, 2.75) is 39.5 Å². The van der Waals surface area contributed by atoms with Crippen molar-refractivity contribution in [2.75, 3.05) is 5.32 Å². The van der Waals surface area contributed by atoms with Gasteiger partial charge in [-0.25, -0.2) is 0 Å². The van der Waals surface area contributed by atoms with Gasteiger partial charge in [0.15, 0.2) is 5.78 Å². The monoisotopic (exact) mass is 304 g/mol. The lowest BCUT2D eigenvalue weighted by Crippen LogP contribution is -2.13. The molecule has 0 spiro atoms. The van der Waals surface area contributed by atoms with Gasteiger partial charge in [0, 0.05) is 17.2 Å². The van der Waals surface area contributed by atoms with E-state index in [2.05, 4.69) is 20.5 Å². The fourth-order valence-corrected chi connectivity index (χ4v) is 3.35. The number of rotatable bonds is 4. The molecule has 2 N–H and O–H groups in total. The lowest BCUT2D eigenvalue weighted by atomic mass is 10.1. The number of nitrogens with zero attached hydrogens (tertiary/aromatic N) is 2. The van der Waals surface area contributed by atoms with Gasteiger partial charge in [-0.15, -0.1) is 10.2 Å². The van der Waals surface area contributed by atoms with Gasteiger partial charge in [0.25, 0.3) is 5.91 Å². The first-order chi connectivity index (χ1) is 9.97. The zero-order chi connectivity index (χ0) is 15.1. The number of carbonyl (C=O) groups excluding carboxylic acids is 2. The minimum Gasteiger partial charge on any atom is -0.354 e. The van der Waals surface area contributed by atoms with Crippen LogP contribution in [0, 0.1) is 13.8 Å². The Morgan fingerprint density at radius 2 is 2.00 bits per heavy atom. The van der Waals surface area contributed by atoms with Crippen LogP contribution >= 0.6 is 11.3 Å². The van der Waals surface area contributed by atoms with Crippen LogP contribution in [-0.4, -0.2) is 26.9 Å². The quantitative estimate of drug-likeness (QED) is 0.850. The number of ketones is 1. The first-order valence-corrected chi connectivity index (χ1v) is 7.64. The van der Waals surface area contributed by atoms with E-state index in [1.807, 2.05) is 0 Å². The number of aromatic amines is 1. The van der Waals surface area contributed by atoms with E-state index in [0.717, 1.165) is 17.8 Å². The average molecular weight is 304 g/mol. The largest absolute Gasteiger partial charge is 0.354 e. The summed E-state index contributed by atoms with van der Waals surface area (Å²) in [6, 6.07) is 0. The summed E-state index contributed by atoms with van der Waals surface area (Å²) in [4.78, 5) is 26.9. The van der Waals surface area contributed by atoms with Crippen molar-refractivity contribution in [3.8, 4) is 0 Å². The fourth-order valence-electron chi connectivity index (χ4n) is 2.45. The number of aromatic nitrogens is 3. The Morgan fingerprint density at radius 3 is 2.57 bits per heavy atom. The molecule has 110 valence electrons. The molecule has 0 aliphatic heterocycles. The molecule has 2 aromatic rings. The summed E-state index contributed by atoms with van der Waals surface area (Å²) >= 11 is 1.41. The fraction of sp³-hybridized carbons (Fsp3) is 0.429. The second kappa shape index (κ2) is 5.07. The molecular weight excluding hydrogens is 288 g/mol. The third kappa shape index (κ3) is 2.61. The minimum atomic E-state index is -0.290. The molecule has 1 fully saturated rings. The third-order valence-electron chi connectivity index (χ3n) is 3.60. The molecule has 0 aromatic carbocycles. The van der Waals surface area contributed by atoms with Crippen molar-refractivity contribution in [3.05, 3.63) is 27.5 Å². The number of H-pyrrole nitrogens is 1. The zero-order valence-electron chi connectivity index (χ0n) is 12.1. The van der Waals surface area contributed by atoms with Crippen LogP contribution in [-0.2, 0) is 0 Å². The van der Waals surface area contributed by atoms with E-state index in [4.69, 9.17) is 0 Å². The zero-order valence-corrected chi connectivity index (χ0v) is 12.9. The summed E-state index contributed by atoms with van der Waals surface area (Å²) in [7, 11) is 0. The Balaban J connectivity index is 1.81. The van der Waals surface area contributed by atoms with E-state index >= 15 is 0 Å². The smallest absolute Gasteiger partial charge is 0.274 e. The Hall–Kier alpha value is -2.02. The van der Waals surface area contributed by atoms with Crippen molar-refractivity contribution in [2.24, 2.45) is 0 Å².